The lowest BCUT2D eigenvalue weighted by molar-refractivity contribution is -0.159. The number of carbonyl (C=O) groups is 3. The van der Waals surface area contributed by atoms with Crippen LogP contribution in [-0.4, -0.2) is 57.5 Å². The van der Waals surface area contributed by atoms with Crippen LogP contribution in [0.5, 0.6) is 0 Å². The number of hydrogen-bond acceptors (Lipinski definition) is 6. The number of hydrazine groups is 1. The zero-order valence-corrected chi connectivity index (χ0v) is 17.1. The molecule has 2 aliphatic rings. The van der Waals surface area contributed by atoms with Crippen LogP contribution in [0.2, 0.25) is 5.02 Å². The molecule has 0 aromatic carbocycles. The van der Waals surface area contributed by atoms with Gasteiger partial charge in [-0.2, -0.15) is 0 Å². The summed E-state index contributed by atoms with van der Waals surface area (Å²) in [4.78, 5) is 41.1. The highest BCUT2D eigenvalue weighted by Gasteiger charge is 2.38. The second-order valence-corrected chi connectivity index (χ2v) is 8.28. The summed E-state index contributed by atoms with van der Waals surface area (Å²) < 4.78 is 0. The lowest BCUT2D eigenvalue weighted by Gasteiger charge is -2.29. The van der Waals surface area contributed by atoms with E-state index in [1.807, 2.05) is 0 Å². The molecule has 1 aliphatic heterocycles. The van der Waals surface area contributed by atoms with Crippen LogP contribution in [0.1, 0.15) is 44.2 Å². The molecule has 8 nitrogen and oxygen atoms in total. The van der Waals surface area contributed by atoms with Gasteiger partial charge in [-0.25, -0.2) is 10.5 Å². The van der Waals surface area contributed by atoms with Gasteiger partial charge in [0.2, 0.25) is 12.3 Å². The Balaban J connectivity index is 1.68. The lowest BCUT2D eigenvalue weighted by Crippen LogP contribution is -2.51. The van der Waals surface area contributed by atoms with E-state index in [2.05, 4.69) is 10.4 Å². The Labute approximate surface area is 175 Å². The molecule has 0 bridgehead atoms. The number of carbonyl (C=O) groups excluding carboxylic acids is 3. The standard InChI is InChI=1S/C20H27ClN4O4/c21-16-5-6-17(22-11-16)10-19(27)18-7-8-23-25(18)20(28)15(12-24(29)13-26)9-14-3-1-2-4-14/h5-6,11,13-15,18,23,29H,1-4,7-10,12H2/t15-,18+/m1/s1. The molecule has 1 aromatic rings. The van der Waals surface area contributed by atoms with Gasteiger partial charge in [-0.05, 0) is 30.9 Å². The van der Waals surface area contributed by atoms with Gasteiger partial charge in [-0.1, -0.05) is 37.3 Å². The van der Waals surface area contributed by atoms with Crippen LogP contribution in [-0.2, 0) is 20.8 Å². The molecule has 158 valence electrons. The van der Waals surface area contributed by atoms with Crippen LogP contribution in [0.25, 0.3) is 0 Å². The SMILES string of the molecule is O=CN(O)C[C@@H](CC1CCCC1)C(=O)N1NCC[C@H]1C(=O)Cc1ccc(Cl)cn1. The first kappa shape index (κ1) is 21.7. The lowest BCUT2D eigenvalue weighted by atomic mass is 9.91. The molecule has 1 saturated carbocycles. The molecule has 3 rings (SSSR count). The van der Waals surface area contributed by atoms with Crippen molar-refractivity contribution in [2.24, 2.45) is 11.8 Å². The van der Waals surface area contributed by atoms with Crippen molar-refractivity contribution < 1.29 is 19.6 Å². The normalized spacial score (nSPS) is 20.6. The fraction of sp³-hybridized carbons (Fsp3) is 0.600. The molecule has 29 heavy (non-hydrogen) atoms. The largest absolute Gasteiger partial charge is 0.297 e. The minimum absolute atomic E-state index is 0.0728. The van der Waals surface area contributed by atoms with Gasteiger partial charge >= 0.3 is 0 Å². The maximum atomic E-state index is 13.2. The smallest absolute Gasteiger partial charge is 0.242 e. The highest BCUT2D eigenvalue weighted by Crippen LogP contribution is 2.31. The van der Waals surface area contributed by atoms with E-state index in [0.29, 0.717) is 47.5 Å². The summed E-state index contributed by atoms with van der Waals surface area (Å²) in [5.41, 5.74) is 3.61. The third-order valence-electron chi connectivity index (χ3n) is 5.74. The Hall–Kier alpha value is -2.03. The molecule has 0 spiro atoms. The Morgan fingerprint density at radius 3 is 2.76 bits per heavy atom. The Morgan fingerprint density at radius 2 is 2.10 bits per heavy atom. The van der Waals surface area contributed by atoms with E-state index in [9.17, 15) is 19.6 Å². The molecule has 1 aromatic heterocycles. The van der Waals surface area contributed by atoms with Gasteiger partial charge in [0.1, 0.15) is 6.04 Å². The van der Waals surface area contributed by atoms with Gasteiger partial charge < -0.3 is 0 Å². The van der Waals surface area contributed by atoms with Crippen molar-refractivity contribution in [1.82, 2.24) is 20.5 Å². The van der Waals surface area contributed by atoms with Crippen LogP contribution in [0, 0.1) is 11.8 Å². The highest BCUT2D eigenvalue weighted by atomic mass is 35.5. The maximum absolute atomic E-state index is 13.2. The Morgan fingerprint density at radius 1 is 1.34 bits per heavy atom. The molecule has 1 saturated heterocycles. The fourth-order valence-electron chi connectivity index (χ4n) is 4.27. The summed E-state index contributed by atoms with van der Waals surface area (Å²) in [7, 11) is 0. The molecule has 0 radical (unpaired) electrons. The summed E-state index contributed by atoms with van der Waals surface area (Å²) in [6.45, 7) is 0.444. The van der Waals surface area contributed by atoms with Gasteiger partial charge in [0.25, 0.3) is 0 Å². The zero-order valence-electron chi connectivity index (χ0n) is 16.3. The van der Waals surface area contributed by atoms with Crippen molar-refractivity contribution in [3.8, 4) is 0 Å². The highest BCUT2D eigenvalue weighted by molar-refractivity contribution is 6.30. The predicted molar refractivity (Wildman–Crippen MR) is 106 cm³/mol. The van der Waals surface area contributed by atoms with Crippen molar-refractivity contribution >= 4 is 29.7 Å². The van der Waals surface area contributed by atoms with Crippen molar-refractivity contribution in [3.05, 3.63) is 29.0 Å². The average molecular weight is 423 g/mol. The molecule has 1 aliphatic carbocycles. The van der Waals surface area contributed by atoms with Gasteiger partial charge in [-0.15, -0.1) is 0 Å². The number of nitrogens with zero attached hydrogens (tertiary/aromatic N) is 3. The predicted octanol–water partition coefficient (Wildman–Crippen LogP) is 2.00. The van der Waals surface area contributed by atoms with Crippen LogP contribution in [0.3, 0.4) is 0 Å². The number of ketones is 1. The van der Waals surface area contributed by atoms with Crippen LogP contribution >= 0.6 is 11.6 Å². The van der Waals surface area contributed by atoms with Crippen LogP contribution in [0.15, 0.2) is 18.3 Å². The topological polar surface area (TPSA) is 103 Å². The van der Waals surface area contributed by atoms with E-state index in [0.717, 1.165) is 25.7 Å². The average Bonchev–Trinajstić information content (AvgIpc) is 3.40. The van der Waals surface area contributed by atoms with Gasteiger partial charge in [0.05, 0.1) is 23.9 Å². The van der Waals surface area contributed by atoms with Crippen LogP contribution < -0.4 is 5.43 Å². The first-order chi connectivity index (χ1) is 14.0. The molecular weight excluding hydrogens is 396 g/mol. The summed E-state index contributed by atoms with van der Waals surface area (Å²) in [5, 5.41) is 12.1. The molecule has 2 heterocycles. The molecule has 2 fully saturated rings. The van der Waals surface area contributed by atoms with E-state index < -0.39 is 12.0 Å². The summed E-state index contributed by atoms with van der Waals surface area (Å²) in [6.07, 6.45) is 7.41. The van der Waals surface area contributed by atoms with Crippen molar-refractivity contribution in [2.75, 3.05) is 13.1 Å². The molecule has 2 amide bonds. The zero-order chi connectivity index (χ0) is 20.8. The van der Waals surface area contributed by atoms with E-state index in [1.165, 1.54) is 11.2 Å². The van der Waals surface area contributed by atoms with Crippen molar-refractivity contribution in [3.63, 3.8) is 0 Å². The van der Waals surface area contributed by atoms with Crippen molar-refractivity contribution in [2.45, 2.75) is 51.0 Å². The summed E-state index contributed by atoms with van der Waals surface area (Å²) in [6, 6.07) is 2.79. The third-order valence-corrected chi connectivity index (χ3v) is 5.96. The summed E-state index contributed by atoms with van der Waals surface area (Å²) >= 11 is 5.84. The van der Waals surface area contributed by atoms with Gasteiger partial charge in [0, 0.05) is 18.4 Å². The maximum Gasteiger partial charge on any atom is 0.242 e. The number of Topliss-reactive ketones (excluding diaryl/α,β-unsaturated/α-hetero) is 1. The first-order valence-electron chi connectivity index (χ1n) is 10.1. The van der Waals surface area contributed by atoms with E-state index in [1.54, 1.807) is 12.1 Å². The van der Waals surface area contributed by atoms with E-state index in [-0.39, 0.29) is 24.7 Å². The number of halogens is 1. The minimum Gasteiger partial charge on any atom is -0.297 e. The number of rotatable bonds is 9. The van der Waals surface area contributed by atoms with Crippen LogP contribution in [0.4, 0.5) is 0 Å². The van der Waals surface area contributed by atoms with Crippen molar-refractivity contribution in [1.29, 1.82) is 0 Å². The van der Waals surface area contributed by atoms with E-state index >= 15 is 0 Å². The number of hydroxylamine groups is 2. The molecule has 2 atom stereocenters. The number of aromatic nitrogens is 1. The number of nitrogens with one attached hydrogen (secondary N) is 1. The molecular formula is C20H27ClN4O4. The Bertz CT molecular complexity index is 724. The number of amides is 2. The second-order valence-electron chi connectivity index (χ2n) is 7.84. The molecule has 0 unspecified atom stereocenters. The quantitative estimate of drug-likeness (QED) is 0.358. The second kappa shape index (κ2) is 10.1. The fourth-order valence-corrected chi connectivity index (χ4v) is 4.38. The number of pyridine rings is 1. The van der Waals surface area contributed by atoms with Gasteiger partial charge in [0.15, 0.2) is 5.78 Å². The first-order valence-corrected chi connectivity index (χ1v) is 10.5. The number of hydrogen-bond donors (Lipinski definition) is 2. The molecule has 2 N–H and O–H groups in total. The van der Waals surface area contributed by atoms with Gasteiger partial charge in [-0.3, -0.25) is 29.6 Å². The summed E-state index contributed by atoms with van der Waals surface area (Å²) in [5.74, 6) is -0.506. The molecule has 9 heteroatoms. The third kappa shape index (κ3) is 5.74. The minimum atomic E-state index is -0.588. The monoisotopic (exact) mass is 422 g/mol. The Kier molecular flexibility index (Phi) is 7.57. The van der Waals surface area contributed by atoms with E-state index in [4.69, 9.17) is 11.6 Å².